The van der Waals surface area contributed by atoms with E-state index in [4.69, 9.17) is 9.47 Å². The molecule has 0 aliphatic carbocycles. The Morgan fingerprint density at radius 3 is 2.23 bits per heavy atom. The van der Waals surface area contributed by atoms with E-state index in [0.29, 0.717) is 13.2 Å². The van der Waals surface area contributed by atoms with E-state index in [2.05, 4.69) is 0 Å². The maximum absolute atomic E-state index is 11.1. The van der Waals surface area contributed by atoms with E-state index < -0.39 is 0 Å². The lowest BCUT2D eigenvalue weighted by atomic mass is 10.1. The summed E-state index contributed by atoms with van der Waals surface area (Å²) in [4.78, 5) is 11.1. The number of carbonyl (C=O) groups is 1. The summed E-state index contributed by atoms with van der Waals surface area (Å²) in [5, 5.41) is 0. The standard InChI is InChI=1S/C10H20O3/c1-8(2)10(11)7-12-5-6-13-9(3)4/h8-9H,5-7H2,1-4H3. The molecule has 0 heterocycles. The third kappa shape index (κ3) is 7.94. The van der Waals surface area contributed by atoms with Crippen LogP contribution in [0.2, 0.25) is 0 Å². The summed E-state index contributed by atoms with van der Waals surface area (Å²) in [6.07, 6.45) is 0.226. The summed E-state index contributed by atoms with van der Waals surface area (Å²) >= 11 is 0. The highest BCUT2D eigenvalue weighted by molar-refractivity contribution is 5.81. The second kappa shape index (κ2) is 7.04. The summed E-state index contributed by atoms with van der Waals surface area (Å²) in [6, 6.07) is 0. The quantitative estimate of drug-likeness (QED) is 0.570. The SMILES string of the molecule is CC(C)OCCOCC(=O)C(C)C. The molecule has 13 heavy (non-hydrogen) atoms. The minimum Gasteiger partial charge on any atom is -0.376 e. The van der Waals surface area contributed by atoms with Gasteiger partial charge in [-0.3, -0.25) is 4.79 Å². The molecule has 0 spiro atoms. The van der Waals surface area contributed by atoms with Gasteiger partial charge in [0, 0.05) is 5.92 Å². The largest absolute Gasteiger partial charge is 0.376 e. The van der Waals surface area contributed by atoms with E-state index in [9.17, 15) is 4.79 Å². The Morgan fingerprint density at radius 1 is 1.15 bits per heavy atom. The van der Waals surface area contributed by atoms with Crippen molar-refractivity contribution in [2.75, 3.05) is 19.8 Å². The van der Waals surface area contributed by atoms with Gasteiger partial charge in [-0.15, -0.1) is 0 Å². The van der Waals surface area contributed by atoms with Gasteiger partial charge in [0.05, 0.1) is 19.3 Å². The molecule has 0 amide bonds. The summed E-state index contributed by atoms with van der Waals surface area (Å²) in [5.74, 6) is 0.204. The monoisotopic (exact) mass is 188 g/mol. The summed E-state index contributed by atoms with van der Waals surface area (Å²) in [7, 11) is 0. The third-order valence-corrected chi connectivity index (χ3v) is 1.57. The molecule has 0 radical (unpaired) electrons. The highest BCUT2D eigenvalue weighted by Crippen LogP contribution is 1.94. The van der Waals surface area contributed by atoms with Gasteiger partial charge in [0.2, 0.25) is 0 Å². The number of Topliss-reactive ketones (excluding diaryl/α,β-unsaturated/α-hetero) is 1. The Balaban J connectivity index is 3.21. The van der Waals surface area contributed by atoms with E-state index in [1.54, 1.807) is 0 Å². The molecule has 0 bridgehead atoms. The molecule has 0 saturated carbocycles. The van der Waals surface area contributed by atoms with Crippen molar-refractivity contribution < 1.29 is 14.3 Å². The molecule has 0 aliphatic rings. The van der Waals surface area contributed by atoms with Gasteiger partial charge in [0.1, 0.15) is 6.61 Å². The van der Waals surface area contributed by atoms with E-state index in [0.717, 1.165) is 0 Å². The van der Waals surface area contributed by atoms with Crippen molar-refractivity contribution in [3.05, 3.63) is 0 Å². The molecule has 0 N–H and O–H groups in total. The van der Waals surface area contributed by atoms with Crippen LogP contribution in [-0.2, 0) is 14.3 Å². The number of ketones is 1. The second-order valence-electron chi connectivity index (χ2n) is 3.59. The van der Waals surface area contributed by atoms with Gasteiger partial charge >= 0.3 is 0 Å². The molecule has 0 unspecified atom stereocenters. The molecule has 0 rings (SSSR count). The van der Waals surface area contributed by atoms with Crippen LogP contribution in [-0.4, -0.2) is 31.7 Å². The van der Waals surface area contributed by atoms with Crippen LogP contribution < -0.4 is 0 Å². The van der Waals surface area contributed by atoms with Crippen LogP contribution in [0.15, 0.2) is 0 Å². The number of hydrogen-bond donors (Lipinski definition) is 0. The van der Waals surface area contributed by atoms with Gasteiger partial charge in [-0.25, -0.2) is 0 Å². The predicted octanol–water partition coefficient (Wildman–Crippen LogP) is 1.65. The molecule has 0 atom stereocenters. The summed E-state index contributed by atoms with van der Waals surface area (Å²) in [6.45, 7) is 8.95. The highest BCUT2D eigenvalue weighted by atomic mass is 16.5. The van der Waals surface area contributed by atoms with Crippen LogP contribution in [0.5, 0.6) is 0 Å². The Hall–Kier alpha value is -0.410. The van der Waals surface area contributed by atoms with E-state index in [-0.39, 0.29) is 24.4 Å². The molecule has 0 aromatic rings. The molecular formula is C10H20O3. The molecule has 0 aromatic heterocycles. The lowest BCUT2D eigenvalue weighted by Crippen LogP contribution is -2.17. The molecule has 3 nitrogen and oxygen atoms in total. The van der Waals surface area contributed by atoms with Crippen LogP contribution in [0.1, 0.15) is 27.7 Å². The van der Waals surface area contributed by atoms with Crippen LogP contribution in [0, 0.1) is 5.92 Å². The van der Waals surface area contributed by atoms with Crippen molar-refractivity contribution >= 4 is 5.78 Å². The van der Waals surface area contributed by atoms with Gasteiger partial charge < -0.3 is 9.47 Å². The second-order valence-corrected chi connectivity index (χ2v) is 3.59. The number of ether oxygens (including phenoxy) is 2. The molecule has 0 aliphatic heterocycles. The molecule has 0 aromatic carbocycles. The van der Waals surface area contributed by atoms with Crippen LogP contribution >= 0.6 is 0 Å². The fourth-order valence-electron chi connectivity index (χ4n) is 0.682. The van der Waals surface area contributed by atoms with Crippen molar-refractivity contribution in [3.8, 4) is 0 Å². The van der Waals surface area contributed by atoms with Gasteiger partial charge in [0.25, 0.3) is 0 Å². The van der Waals surface area contributed by atoms with Crippen LogP contribution in [0.3, 0.4) is 0 Å². The Bertz CT molecular complexity index is 141. The number of rotatable bonds is 7. The third-order valence-electron chi connectivity index (χ3n) is 1.57. The minimum atomic E-state index is 0.0611. The van der Waals surface area contributed by atoms with Crippen molar-refractivity contribution in [2.24, 2.45) is 5.92 Å². The fraction of sp³-hybridized carbons (Fsp3) is 0.900. The zero-order valence-electron chi connectivity index (χ0n) is 9.00. The topological polar surface area (TPSA) is 35.5 Å². The maximum Gasteiger partial charge on any atom is 0.160 e. The van der Waals surface area contributed by atoms with Gasteiger partial charge in [0.15, 0.2) is 5.78 Å². The molecule has 78 valence electrons. The van der Waals surface area contributed by atoms with Gasteiger partial charge in [-0.05, 0) is 13.8 Å². The summed E-state index contributed by atoms with van der Waals surface area (Å²) in [5.41, 5.74) is 0. The van der Waals surface area contributed by atoms with Gasteiger partial charge in [-0.1, -0.05) is 13.8 Å². The highest BCUT2D eigenvalue weighted by Gasteiger charge is 2.06. The number of hydrogen-bond acceptors (Lipinski definition) is 3. The molecule has 3 heteroatoms. The first-order valence-electron chi connectivity index (χ1n) is 4.76. The van der Waals surface area contributed by atoms with Gasteiger partial charge in [-0.2, -0.15) is 0 Å². The van der Waals surface area contributed by atoms with Crippen molar-refractivity contribution in [2.45, 2.75) is 33.8 Å². The van der Waals surface area contributed by atoms with E-state index in [1.807, 2.05) is 27.7 Å². The predicted molar refractivity (Wildman–Crippen MR) is 51.8 cm³/mol. The van der Waals surface area contributed by atoms with E-state index in [1.165, 1.54) is 0 Å². The fourth-order valence-corrected chi connectivity index (χ4v) is 0.682. The number of carbonyl (C=O) groups excluding carboxylic acids is 1. The molecule has 0 saturated heterocycles. The van der Waals surface area contributed by atoms with E-state index >= 15 is 0 Å². The van der Waals surface area contributed by atoms with Crippen molar-refractivity contribution in [1.29, 1.82) is 0 Å². The van der Waals surface area contributed by atoms with Crippen molar-refractivity contribution in [1.82, 2.24) is 0 Å². The van der Waals surface area contributed by atoms with Crippen LogP contribution in [0.4, 0.5) is 0 Å². The normalized spacial score (nSPS) is 11.2. The molecular weight excluding hydrogens is 168 g/mol. The Morgan fingerprint density at radius 2 is 1.77 bits per heavy atom. The minimum absolute atomic E-state index is 0.0611. The lowest BCUT2D eigenvalue weighted by Gasteiger charge is -2.08. The Labute approximate surface area is 80.4 Å². The maximum atomic E-state index is 11.1. The zero-order chi connectivity index (χ0) is 10.3. The average Bonchev–Trinajstić information content (AvgIpc) is 2.02. The first-order chi connectivity index (χ1) is 6.04. The first kappa shape index (κ1) is 12.6. The zero-order valence-corrected chi connectivity index (χ0v) is 9.00. The molecule has 0 fully saturated rings. The summed E-state index contributed by atoms with van der Waals surface area (Å²) < 4.78 is 10.4. The first-order valence-corrected chi connectivity index (χ1v) is 4.76. The average molecular weight is 188 g/mol. The Kier molecular flexibility index (Phi) is 6.82. The smallest absolute Gasteiger partial charge is 0.160 e. The van der Waals surface area contributed by atoms with Crippen molar-refractivity contribution in [3.63, 3.8) is 0 Å². The lowest BCUT2D eigenvalue weighted by molar-refractivity contribution is -0.127. The van der Waals surface area contributed by atoms with Crippen LogP contribution in [0.25, 0.3) is 0 Å².